The summed E-state index contributed by atoms with van der Waals surface area (Å²) >= 11 is 3.38. The van der Waals surface area contributed by atoms with Crippen LogP contribution in [0.15, 0.2) is 53.0 Å². The van der Waals surface area contributed by atoms with Gasteiger partial charge in [-0.25, -0.2) is 4.90 Å². The van der Waals surface area contributed by atoms with Crippen LogP contribution in [-0.4, -0.2) is 25.0 Å². The number of nitrogens with zero attached hydrogens (tertiary/aromatic N) is 1. The number of benzene rings is 2. The van der Waals surface area contributed by atoms with Crippen molar-refractivity contribution in [1.82, 2.24) is 0 Å². The first-order valence-electron chi connectivity index (χ1n) is 7.12. The average Bonchev–Trinajstić information content (AvgIpc) is 2.83. The number of hydrogen-bond acceptors (Lipinski definition) is 4. The highest BCUT2D eigenvalue weighted by molar-refractivity contribution is 9.10. The number of carbonyl (C=O) groups excluding carboxylic acids is 2. The molecule has 6 heteroatoms. The third-order valence-electron chi connectivity index (χ3n) is 3.68. The van der Waals surface area contributed by atoms with Crippen LogP contribution in [0.3, 0.4) is 0 Å². The molecule has 1 fully saturated rings. The minimum Gasteiger partial charge on any atom is -0.495 e. The predicted molar refractivity (Wildman–Crippen MR) is 91.7 cm³/mol. The molecular weight excluding hydrogens is 360 g/mol. The smallest absolute Gasteiger partial charge is 0.256 e. The number of ether oxygens (including phenoxy) is 1. The van der Waals surface area contributed by atoms with Crippen LogP contribution in [0.1, 0.15) is 6.42 Å². The summed E-state index contributed by atoms with van der Waals surface area (Å²) in [5.74, 6) is 0.134. The van der Waals surface area contributed by atoms with Crippen molar-refractivity contribution in [2.24, 2.45) is 0 Å². The highest BCUT2D eigenvalue weighted by Crippen LogP contribution is 2.32. The average molecular weight is 375 g/mol. The molecule has 1 aliphatic heterocycles. The number of halogens is 1. The van der Waals surface area contributed by atoms with E-state index < -0.39 is 6.04 Å². The van der Waals surface area contributed by atoms with Gasteiger partial charge in [-0.1, -0.05) is 24.3 Å². The molecule has 0 spiro atoms. The van der Waals surface area contributed by atoms with E-state index in [0.717, 1.165) is 0 Å². The normalized spacial score (nSPS) is 17.5. The van der Waals surface area contributed by atoms with Gasteiger partial charge in [-0.05, 0) is 40.2 Å². The lowest BCUT2D eigenvalue weighted by atomic mass is 10.2. The van der Waals surface area contributed by atoms with Crippen molar-refractivity contribution in [2.75, 3.05) is 17.3 Å². The third kappa shape index (κ3) is 2.94. The van der Waals surface area contributed by atoms with Crippen molar-refractivity contribution in [2.45, 2.75) is 12.5 Å². The molecular formula is C17H15BrN2O3. The molecule has 1 saturated heterocycles. The Morgan fingerprint density at radius 3 is 2.57 bits per heavy atom. The van der Waals surface area contributed by atoms with Gasteiger partial charge < -0.3 is 10.1 Å². The second kappa shape index (κ2) is 6.42. The fourth-order valence-corrected chi connectivity index (χ4v) is 3.04. The first-order chi connectivity index (χ1) is 11.1. The van der Waals surface area contributed by atoms with E-state index in [1.165, 1.54) is 4.90 Å². The molecule has 3 rings (SSSR count). The number of anilines is 2. The monoisotopic (exact) mass is 374 g/mol. The summed E-state index contributed by atoms with van der Waals surface area (Å²) in [6.45, 7) is 0. The van der Waals surface area contributed by atoms with Crippen LogP contribution in [0.4, 0.5) is 11.4 Å². The Hall–Kier alpha value is -2.34. The van der Waals surface area contributed by atoms with Gasteiger partial charge in [-0.3, -0.25) is 9.59 Å². The van der Waals surface area contributed by atoms with Gasteiger partial charge in [0.05, 0.1) is 24.9 Å². The van der Waals surface area contributed by atoms with Crippen molar-refractivity contribution in [3.05, 3.63) is 53.0 Å². The minimum absolute atomic E-state index is 0.109. The molecule has 1 N–H and O–H groups in total. The Labute approximate surface area is 142 Å². The van der Waals surface area contributed by atoms with Crippen molar-refractivity contribution >= 4 is 39.1 Å². The van der Waals surface area contributed by atoms with Crippen LogP contribution in [0.25, 0.3) is 0 Å². The van der Waals surface area contributed by atoms with E-state index in [1.807, 2.05) is 24.3 Å². The number of rotatable bonds is 4. The predicted octanol–water partition coefficient (Wildman–Crippen LogP) is 3.20. The largest absolute Gasteiger partial charge is 0.495 e. The summed E-state index contributed by atoms with van der Waals surface area (Å²) in [6.07, 6.45) is 0.109. The molecule has 2 amide bonds. The Bertz CT molecular complexity index is 763. The summed E-state index contributed by atoms with van der Waals surface area (Å²) in [7, 11) is 1.57. The number of para-hydroxylation sites is 3. The first-order valence-corrected chi connectivity index (χ1v) is 7.92. The topological polar surface area (TPSA) is 58.6 Å². The number of amides is 2. The molecule has 5 nitrogen and oxygen atoms in total. The van der Waals surface area contributed by atoms with Gasteiger partial charge in [0.15, 0.2) is 0 Å². The highest BCUT2D eigenvalue weighted by atomic mass is 79.9. The van der Waals surface area contributed by atoms with Crippen LogP contribution < -0.4 is 15.0 Å². The van der Waals surface area contributed by atoms with Gasteiger partial charge in [0.2, 0.25) is 5.91 Å². The van der Waals surface area contributed by atoms with Gasteiger partial charge in [0.1, 0.15) is 11.8 Å². The molecule has 23 heavy (non-hydrogen) atoms. The Balaban J connectivity index is 1.86. The zero-order valence-corrected chi connectivity index (χ0v) is 14.0. The maximum atomic E-state index is 12.7. The van der Waals surface area contributed by atoms with Gasteiger partial charge in [-0.2, -0.15) is 0 Å². The van der Waals surface area contributed by atoms with E-state index in [9.17, 15) is 9.59 Å². The van der Waals surface area contributed by atoms with Crippen LogP contribution in [0.5, 0.6) is 5.75 Å². The van der Waals surface area contributed by atoms with Crippen molar-refractivity contribution in [3.63, 3.8) is 0 Å². The lowest BCUT2D eigenvalue weighted by Crippen LogP contribution is -2.35. The molecule has 1 heterocycles. The van der Waals surface area contributed by atoms with Crippen LogP contribution >= 0.6 is 15.9 Å². The summed E-state index contributed by atoms with van der Waals surface area (Å²) < 4.78 is 5.98. The number of nitrogens with one attached hydrogen (secondary N) is 1. The van der Waals surface area contributed by atoms with E-state index >= 15 is 0 Å². The van der Waals surface area contributed by atoms with E-state index in [1.54, 1.807) is 31.4 Å². The molecule has 0 unspecified atom stereocenters. The molecule has 118 valence electrons. The second-order valence-electron chi connectivity index (χ2n) is 5.12. The quantitative estimate of drug-likeness (QED) is 0.834. The van der Waals surface area contributed by atoms with Crippen molar-refractivity contribution < 1.29 is 14.3 Å². The number of imide groups is 1. The zero-order chi connectivity index (χ0) is 16.4. The van der Waals surface area contributed by atoms with E-state index in [-0.39, 0.29) is 18.2 Å². The molecule has 0 aromatic heterocycles. The molecule has 0 bridgehead atoms. The fraction of sp³-hybridized carbons (Fsp3) is 0.176. The van der Waals surface area contributed by atoms with Gasteiger partial charge in [0.25, 0.3) is 5.91 Å². The maximum absolute atomic E-state index is 12.7. The van der Waals surface area contributed by atoms with Crippen molar-refractivity contribution in [1.29, 1.82) is 0 Å². The first kappa shape index (κ1) is 15.6. The van der Waals surface area contributed by atoms with Gasteiger partial charge >= 0.3 is 0 Å². The van der Waals surface area contributed by atoms with Crippen molar-refractivity contribution in [3.8, 4) is 5.75 Å². The lowest BCUT2D eigenvalue weighted by molar-refractivity contribution is -0.121. The van der Waals surface area contributed by atoms with Crippen LogP contribution in [0.2, 0.25) is 0 Å². The lowest BCUT2D eigenvalue weighted by Gasteiger charge is -2.18. The Kier molecular flexibility index (Phi) is 4.34. The molecule has 2 aromatic rings. The number of methoxy groups -OCH3 is 1. The van der Waals surface area contributed by atoms with E-state index in [0.29, 0.717) is 21.6 Å². The minimum atomic E-state index is -0.606. The molecule has 2 aromatic carbocycles. The standard InChI is InChI=1S/C17H15BrN2O3/c1-23-15-9-5-3-7-12(15)19-13-10-16(21)20(17(13)22)14-8-4-2-6-11(14)18/h2-9,13,19H,10H2,1H3/t13-/m1/s1. The molecule has 0 saturated carbocycles. The summed E-state index contributed by atoms with van der Waals surface area (Å²) in [5, 5.41) is 3.11. The summed E-state index contributed by atoms with van der Waals surface area (Å²) in [4.78, 5) is 26.2. The van der Waals surface area contributed by atoms with E-state index in [4.69, 9.17) is 4.74 Å². The Morgan fingerprint density at radius 2 is 1.83 bits per heavy atom. The second-order valence-corrected chi connectivity index (χ2v) is 5.97. The van der Waals surface area contributed by atoms with E-state index in [2.05, 4.69) is 21.2 Å². The molecule has 1 aliphatic rings. The van der Waals surface area contributed by atoms with Crippen LogP contribution in [-0.2, 0) is 9.59 Å². The number of hydrogen-bond donors (Lipinski definition) is 1. The zero-order valence-electron chi connectivity index (χ0n) is 12.5. The number of carbonyl (C=O) groups is 2. The Morgan fingerprint density at radius 1 is 1.13 bits per heavy atom. The fourth-order valence-electron chi connectivity index (χ4n) is 2.58. The molecule has 0 aliphatic carbocycles. The SMILES string of the molecule is COc1ccccc1N[C@@H]1CC(=O)N(c2ccccc2Br)C1=O. The third-order valence-corrected chi connectivity index (χ3v) is 4.35. The van der Waals surface area contributed by atoms with Gasteiger partial charge in [-0.15, -0.1) is 0 Å². The highest BCUT2D eigenvalue weighted by Gasteiger charge is 2.40. The van der Waals surface area contributed by atoms with Crippen LogP contribution in [0, 0.1) is 0 Å². The molecule has 1 atom stereocenters. The summed E-state index contributed by atoms with van der Waals surface area (Å²) in [6, 6.07) is 13.9. The maximum Gasteiger partial charge on any atom is 0.256 e. The summed E-state index contributed by atoms with van der Waals surface area (Å²) in [5.41, 5.74) is 1.25. The van der Waals surface area contributed by atoms with Gasteiger partial charge in [0, 0.05) is 4.47 Å². The molecule has 0 radical (unpaired) electrons.